The summed E-state index contributed by atoms with van der Waals surface area (Å²) in [6, 6.07) is 11.3. The Morgan fingerprint density at radius 2 is 1.93 bits per heavy atom. The van der Waals surface area contributed by atoms with Crippen LogP contribution in [-0.4, -0.2) is 27.2 Å². The van der Waals surface area contributed by atoms with Gasteiger partial charge in [-0.2, -0.15) is 0 Å². The molecule has 6 nitrogen and oxygen atoms in total. The van der Waals surface area contributed by atoms with Gasteiger partial charge in [0.05, 0.1) is 18.2 Å². The van der Waals surface area contributed by atoms with Crippen molar-refractivity contribution in [2.45, 2.75) is 17.6 Å². The van der Waals surface area contributed by atoms with E-state index in [1.807, 2.05) is 18.2 Å². The number of amides is 1. The zero-order valence-corrected chi connectivity index (χ0v) is 18.1. The average Bonchev–Trinajstić information content (AvgIpc) is 3.36. The molecule has 4 rings (SSSR count). The molecule has 1 atom stereocenters. The topological polar surface area (TPSA) is 85.6 Å². The Morgan fingerprint density at radius 3 is 2.67 bits per heavy atom. The molecule has 3 aromatic rings. The zero-order valence-electron chi connectivity index (χ0n) is 15.8. The number of carbonyl (C=O) groups excluding carboxylic acids is 1. The number of furan rings is 1. The van der Waals surface area contributed by atoms with Gasteiger partial charge in [0.1, 0.15) is 12.0 Å². The number of rotatable bonds is 5. The van der Waals surface area contributed by atoms with Crippen LogP contribution in [0.15, 0.2) is 58.2 Å². The minimum atomic E-state index is -3.57. The van der Waals surface area contributed by atoms with Crippen LogP contribution >= 0.6 is 23.2 Å². The summed E-state index contributed by atoms with van der Waals surface area (Å²) in [5.41, 5.74) is 2.53. The molecule has 30 heavy (non-hydrogen) atoms. The van der Waals surface area contributed by atoms with Gasteiger partial charge in [0.2, 0.25) is 14.9 Å². The fraction of sp³-hybridized carbons (Fsp3) is 0.190. The first kappa shape index (κ1) is 20.8. The molecule has 9 heteroatoms. The smallest absolute Gasteiger partial charge is 0.255 e. The van der Waals surface area contributed by atoms with Gasteiger partial charge in [-0.15, -0.1) is 0 Å². The molecular formula is C21H17Cl2NO5S. The maximum Gasteiger partial charge on any atom is 0.255 e. The summed E-state index contributed by atoms with van der Waals surface area (Å²) in [6.07, 6.45) is 2.89. The van der Waals surface area contributed by atoms with Gasteiger partial charge in [0.15, 0.2) is 0 Å². The molecule has 1 N–H and O–H groups in total. The van der Waals surface area contributed by atoms with Crippen molar-refractivity contribution in [1.29, 1.82) is 0 Å². The number of hydrogen-bond donors (Lipinski definition) is 1. The minimum absolute atomic E-state index is 0.0862. The van der Waals surface area contributed by atoms with Crippen LogP contribution in [0.1, 0.15) is 33.1 Å². The predicted molar refractivity (Wildman–Crippen MR) is 113 cm³/mol. The van der Waals surface area contributed by atoms with Gasteiger partial charge < -0.3 is 14.5 Å². The van der Waals surface area contributed by atoms with Gasteiger partial charge in [-0.05, 0) is 47.0 Å². The highest BCUT2D eigenvalue weighted by molar-refractivity contribution is 7.90. The molecule has 1 aliphatic rings. The van der Waals surface area contributed by atoms with Crippen molar-refractivity contribution in [2.75, 3.05) is 12.9 Å². The van der Waals surface area contributed by atoms with Gasteiger partial charge in [-0.3, -0.25) is 4.79 Å². The van der Waals surface area contributed by atoms with Crippen molar-refractivity contribution >= 4 is 38.9 Å². The van der Waals surface area contributed by atoms with E-state index in [-0.39, 0.29) is 10.7 Å². The summed E-state index contributed by atoms with van der Waals surface area (Å²) in [7, 11) is -3.57. The molecule has 0 spiro atoms. The van der Waals surface area contributed by atoms with E-state index in [0.29, 0.717) is 22.2 Å². The number of halogens is 2. The molecule has 156 valence electrons. The SMILES string of the molecule is CS(=O)(=O)c1cc(C(=O)NC(c2ccc3c(c2)CCO3)c2cc(Cl)ccc2Cl)co1. The quantitative estimate of drug-likeness (QED) is 0.601. The van der Waals surface area contributed by atoms with Gasteiger partial charge in [0.25, 0.3) is 5.91 Å². The minimum Gasteiger partial charge on any atom is -0.493 e. The van der Waals surface area contributed by atoms with E-state index in [9.17, 15) is 13.2 Å². The van der Waals surface area contributed by atoms with Gasteiger partial charge in [0, 0.05) is 28.8 Å². The highest BCUT2D eigenvalue weighted by Crippen LogP contribution is 2.34. The summed E-state index contributed by atoms with van der Waals surface area (Å²) in [5, 5.41) is 3.54. The van der Waals surface area contributed by atoms with Crippen LogP contribution in [-0.2, 0) is 16.3 Å². The van der Waals surface area contributed by atoms with E-state index in [4.69, 9.17) is 32.4 Å². The number of benzene rings is 2. The van der Waals surface area contributed by atoms with Crippen molar-refractivity contribution in [1.82, 2.24) is 5.32 Å². The third-order valence-corrected chi connectivity index (χ3v) is 6.32. The Hall–Kier alpha value is -2.48. The molecule has 2 aromatic carbocycles. The molecule has 0 saturated carbocycles. The van der Waals surface area contributed by atoms with Crippen LogP contribution in [0.5, 0.6) is 5.75 Å². The molecule has 0 fully saturated rings. The maximum atomic E-state index is 12.9. The Morgan fingerprint density at radius 1 is 1.13 bits per heavy atom. The number of fused-ring (bicyclic) bond motifs is 1. The molecular weight excluding hydrogens is 449 g/mol. The van der Waals surface area contributed by atoms with Crippen molar-refractivity contribution in [3.05, 3.63) is 81.0 Å². The van der Waals surface area contributed by atoms with Crippen LogP contribution in [0.2, 0.25) is 10.0 Å². The lowest BCUT2D eigenvalue weighted by atomic mass is 9.96. The highest BCUT2D eigenvalue weighted by atomic mass is 35.5. The lowest BCUT2D eigenvalue weighted by molar-refractivity contribution is 0.0942. The molecule has 1 aliphatic heterocycles. The number of carbonyl (C=O) groups is 1. The van der Waals surface area contributed by atoms with E-state index in [1.54, 1.807) is 18.2 Å². The summed E-state index contributed by atoms with van der Waals surface area (Å²) in [6.45, 7) is 0.608. The Balaban J connectivity index is 1.73. The van der Waals surface area contributed by atoms with E-state index in [1.165, 1.54) is 6.07 Å². The first-order valence-corrected chi connectivity index (χ1v) is 11.7. The second kappa shape index (κ2) is 7.98. The molecule has 1 unspecified atom stereocenters. The fourth-order valence-electron chi connectivity index (χ4n) is 3.31. The Kier molecular flexibility index (Phi) is 5.53. The maximum absolute atomic E-state index is 12.9. The van der Waals surface area contributed by atoms with Gasteiger partial charge >= 0.3 is 0 Å². The van der Waals surface area contributed by atoms with Crippen molar-refractivity contribution < 1.29 is 22.4 Å². The largest absolute Gasteiger partial charge is 0.493 e. The average molecular weight is 466 g/mol. The molecule has 0 bridgehead atoms. The summed E-state index contributed by atoms with van der Waals surface area (Å²) in [5.74, 6) is 0.306. The number of nitrogens with one attached hydrogen (secondary N) is 1. The van der Waals surface area contributed by atoms with Crippen molar-refractivity contribution in [3.8, 4) is 5.75 Å². The normalized spacial score (nSPS) is 14.1. The first-order valence-electron chi connectivity index (χ1n) is 9.02. The predicted octanol–water partition coefficient (Wildman–Crippen LogP) is 4.44. The van der Waals surface area contributed by atoms with E-state index >= 15 is 0 Å². The molecule has 0 saturated heterocycles. The van der Waals surface area contributed by atoms with E-state index in [0.717, 1.165) is 35.8 Å². The van der Waals surface area contributed by atoms with Crippen LogP contribution < -0.4 is 10.1 Å². The van der Waals surface area contributed by atoms with Crippen LogP contribution in [0.4, 0.5) is 0 Å². The third kappa shape index (κ3) is 4.19. The van der Waals surface area contributed by atoms with E-state index in [2.05, 4.69) is 5.32 Å². The second-order valence-electron chi connectivity index (χ2n) is 6.96. The standard InChI is InChI=1S/C21H17Cl2NO5S/c1-30(26,27)19-9-14(11-29-19)21(25)24-20(16-10-15(22)3-4-17(16)23)13-2-5-18-12(8-13)6-7-28-18/h2-5,8-11,20H,6-7H2,1H3,(H,24,25). The summed E-state index contributed by atoms with van der Waals surface area (Å²) in [4.78, 5) is 12.9. The van der Waals surface area contributed by atoms with Crippen LogP contribution in [0.3, 0.4) is 0 Å². The number of hydrogen-bond acceptors (Lipinski definition) is 5. The van der Waals surface area contributed by atoms with Crippen LogP contribution in [0.25, 0.3) is 0 Å². The van der Waals surface area contributed by atoms with Gasteiger partial charge in [-0.25, -0.2) is 8.42 Å². The lowest BCUT2D eigenvalue weighted by Crippen LogP contribution is -2.29. The first-order chi connectivity index (χ1) is 14.2. The Bertz CT molecular complexity index is 1240. The molecule has 0 aliphatic carbocycles. The summed E-state index contributed by atoms with van der Waals surface area (Å²) < 4.78 is 33.9. The summed E-state index contributed by atoms with van der Waals surface area (Å²) >= 11 is 12.6. The van der Waals surface area contributed by atoms with Crippen molar-refractivity contribution in [3.63, 3.8) is 0 Å². The lowest BCUT2D eigenvalue weighted by Gasteiger charge is -2.21. The van der Waals surface area contributed by atoms with Gasteiger partial charge in [-0.1, -0.05) is 29.3 Å². The Labute approximate surface area is 183 Å². The molecule has 2 heterocycles. The zero-order chi connectivity index (χ0) is 21.5. The van der Waals surface area contributed by atoms with E-state index < -0.39 is 21.8 Å². The monoisotopic (exact) mass is 465 g/mol. The number of ether oxygens (including phenoxy) is 1. The highest BCUT2D eigenvalue weighted by Gasteiger charge is 2.25. The molecule has 1 aromatic heterocycles. The van der Waals surface area contributed by atoms with Crippen molar-refractivity contribution in [2.24, 2.45) is 0 Å². The second-order valence-corrected chi connectivity index (χ2v) is 9.75. The molecule has 1 amide bonds. The molecule has 0 radical (unpaired) electrons. The number of sulfone groups is 1. The fourth-order valence-corrected chi connectivity index (χ4v) is 4.28. The van der Waals surface area contributed by atoms with Crippen LogP contribution in [0, 0.1) is 0 Å². The third-order valence-electron chi connectivity index (χ3n) is 4.79.